The Morgan fingerprint density at radius 1 is 1.24 bits per heavy atom. The van der Waals surface area contributed by atoms with E-state index in [1.807, 2.05) is 52.9 Å². The molecule has 21 heavy (non-hydrogen) atoms. The Labute approximate surface area is 134 Å². The summed E-state index contributed by atoms with van der Waals surface area (Å²) in [5, 5.41) is 13.3. The van der Waals surface area contributed by atoms with E-state index in [0.29, 0.717) is 3.57 Å². The van der Waals surface area contributed by atoms with Crippen molar-refractivity contribution in [3.05, 3.63) is 67.8 Å². The van der Waals surface area contributed by atoms with E-state index in [1.54, 1.807) is 6.07 Å². The third-order valence-electron chi connectivity index (χ3n) is 2.61. The Hall–Kier alpha value is -2.16. The van der Waals surface area contributed by atoms with Gasteiger partial charge in [0, 0.05) is 9.64 Å². The molecule has 0 aliphatic carbocycles. The van der Waals surface area contributed by atoms with E-state index in [0.717, 1.165) is 5.56 Å². The van der Waals surface area contributed by atoms with Crippen molar-refractivity contribution in [1.29, 1.82) is 0 Å². The summed E-state index contributed by atoms with van der Waals surface area (Å²) in [5.74, 6) is 0. The predicted molar refractivity (Wildman–Crippen MR) is 86.1 cm³/mol. The van der Waals surface area contributed by atoms with Gasteiger partial charge in [0.15, 0.2) is 0 Å². The zero-order valence-electron chi connectivity index (χ0n) is 10.8. The Morgan fingerprint density at radius 3 is 2.62 bits per heavy atom. The topological polar surface area (TPSA) is 81.5 Å². The van der Waals surface area contributed by atoms with Crippen molar-refractivity contribution in [2.75, 3.05) is 5.32 Å². The lowest BCUT2D eigenvalue weighted by molar-refractivity contribution is -0.384. The molecule has 0 aliphatic heterocycles. The fourth-order valence-electron chi connectivity index (χ4n) is 1.63. The van der Waals surface area contributed by atoms with Crippen molar-refractivity contribution in [3.63, 3.8) is 0 Å². The molecule has 108 valence electrons. The number of nitrogens with zero attached hydrogens (tertiary/aromatic N) is 1. The molecular weight excluding hydrogens is 387 g/mol. The van der Waals surface area contributed by atoms with Crippen LogP contribution in [-0.2, 0) is 11.3 Å². The van der Waals surface area contributed by atoms with E-state index in [4.69, 9.17) is 4.74 Å². The van der Waals surface area contributed by atoms with Crippen LogP contribution in [0, 0.1) is 13.7 Å². The smallest absolute Gasteiger partial charge is 0.412 e. The highest BCUT2D eigenvalue weighted by molar-refractivity contribution is 14.1. The number of amides is 1. The van der Waals surface area contributed by atoms with Gasteiger partial charge in [0.05, 0.1) is 4.92 Å². The van der Waals surface area contributed by atoms with Gasteiger partial charge in [-0.25, -0.2) is 4.79 Å². The van der Waals surface area contributed by atoms with Gasteiger partial charge in [-0.1, -0.05) is 30.3 Å². The van der Waals surface area contributed by atoms with Crippen molar-refractivity contribution < 1.29 is 14.5 Å². The number of hydrogen-bond donors (Lipinski definition) is 1. The summed E-state index contributed by atoms with van der Waals surface area (Å²) < 4.78 is 5.73. The minimum Gasteiger partial charge on any atom is -0.444 e. The van der Waals surface area contributed by atoms with E-state index in [2.05, 4.69) is 5.32 Å². The summed E-state index contributed by atoms with van der Waals surface area (Å²) in [6, 6.07) is 13.7. The molecule has 0 unspecified atom stereocenters. The molecule has 1 amide bonds. The van der Waals surface area contributed by atoms with Crippen molar-refractivity contribution in [2.45, 2.75) is 6.61 Å². The second-order valence-electron chi connectivity index (χ2n) is 4.11. The Morgan fingerprint density at radius 2 is 1.95 bits per heavy atom. The lowest BCUT2D eigenvalue weighted by atomic mass is 10.2. The van der Waals surface area contributed by atoms with Gasteiger partial charge in [0.1, 0.15) is 12.3 Å². The van der Waals surface area contributed by atoms with E-state index in [1.165, 1.54) is 12.1 Å². The van der Waals surface area contributed by atoms with Crippen LogP contribution in [0.1, 0.15) is 5.56 Å². The maximum Gasteiger partial charge on any atom is 0.412 e. The fraction of sp³-hybridized carbons (Fsp3) is 0.0714. The van der Waals surface area contributed by atoms with Gasteiger partial charge < -0.3 is 4.74 Å². The number of anilines is 1. The minimum atomic E-state index is -0.733. The van der Waals surface area contributed by atoms with Gasteiger partial charge in [-0.2, -0.15) is 0 Å². The molecule has 2 rings (SSSR count). The number of carbonyl (C=O) groups excluding carboxylic acids is 1. The number of halogens is 1. The number of nitrogens with one attached hydrogen (secondary N) is 1. The molecule has 0 fully saturated rings. The normalized spacial score (nSPS) is 9.95. The first-order chi connectivity index (χ1) is 10.1. The van der Waals surface area contributed by atoms with Crippen LogP contribution < -0.4 is 5.32 Å². The second kappa shape index (κ2) is 7.02. The average Bonchev–Trinajstić information content (AvgIpc) is 2.48. The highest BCUT2D eigenvalue weighted by Gasteiger charge is 2.16. The van der Waals surface area contributed by atoms with Crippen LogP contribution in [0.25, 0.3) is 0 Å². The number of carbonyl (C=O) groups is 1. The van der Waals surface area contributed by atoms with Crippen LogP contribution in [-0.4, -0.2) is 11.0 Å². The average molecular weight is 398 g/mol. The van der Waals surface area contributed by atoms with Gasteiger partial charge in [-0.3, -0.25) is 15.4 Å². The number of hydrogen-bond acceptors (Lipinski definition) is 4. The highest BCUT2D eigenvalue weighted by atomic mass is 127. The molecule has 7 heteroatoms. The highest BCUT2D eigenvalue weighted by Crippen LogP contribution is 2.26. The molecule has 0 aromatic heterocycles. The molecule has 0 heterocycles. The van der Waals surface area contributed by atoms with E-state index < -0.39 is 11.0 Å². The largest absolute Gasteiger partial charge is 0.444 e. The lowest BCUT2D eigenvalue weighted by Gasteiger charge is -2.07. The molecular formula is C14H11IN2O4. The van der Waals surface area contributed by atoms with Crippen LogP contribution in [0.2, 0.25) is 0 Å². The quantitative estimate of drug-likeness (QED) is 0.481. The van der Waals surface area contributed by atoms with Gasteiger partial charge in [0.2, 0.25) is 0 Å². The van der Waals surface area contributed by atoms with Crippen LogP contribution in [0.3, 0.4) is 0 Å². The van der Waals surface area contributed by atoms with Crippen LogP contribution in [0.15, 0.2) is 48.5 Å². The third-order valence-corrected chi connectivity index (χ3v) is 3.28. The zero-order valence-corrected chi connectivity index (χ0v) is 12.9. The molecule has 0 spiro atoms. The summed E-state index contributed by atoms with van der Waals surface area (Å²) in [7, 11) is 0. The van der Waals surface area contributed by atoms with Crippen molar-refractivity contribution >= 4 is 40.1 Å². The fourth-order valence-corrected chi connectivity index (χ4v) is 2.11. The van der Waals surface area contributed by atoms with Crippen molar-refractivity contribution in [3.8, 4) is 0 Å². The molecule has 2 aromatic carbocycles. The summed E-state index contributed by atoms with van der Waals surface area (Å²) in [5.41, 5.74) is 0.779. The van der Waals surface area contributed by atoms with Crippen LogP contribution >= 0.6 is 22.6 Å². The number of nitro benzene ring substituents is 1. The van der Waals surface area contributed by atoms with Crippen molar-refractivity contribution in [1.82, 2.24) is 0 Å². The molecule has 0 bridgehead atoms. The van der Waals surface area contributed by atoms with Gasteiger partial charge in [0.25, 0.3) is 5.69 Å². The number of rotatable bonds is 4. The van der Waals surface area contributed by atoms with Gasteiger partial charge in [-0.15, -0.1) is 0 Å². The first kappa shape index (κ1) is 15.2. The summed E-state index contributed by atoms with van der Waals surface area (Å²) in [6.45, 7) is 0.102. The minimum absolute atomic E-state index is 0.102. The Kier molecular flexibility index (Phi) is 5.09. The maximum absolute atomic E-state index is 11.7. The van der Waals surface area contributed by atoms with Crippen molar-refractivity contribution in [2.24, 2.45) is 0 Å². The Balaban J connectivity index is 2.01. The molecule has 2 aromatic rings. The molecule has 1 N–H and O–H groups in total. The van der Waals surface area contributed by atoms with E-state index in [9.17, 15) is 14.9 Å². The number of benzene rings is 2. The van der Waals surface area contributed by atoms with E-state index >= 15 is 0 Å². The predicted octanol–water partition coefficient (Wildman–Crippen LogP) is 3.95. The molecule has 0 saturated heterocycles. The molecule has 6 nitrogen and oxygen atoms in total. The van der Waals surface area contributed by atoms with Gasteiger partial charge in [-0.05, 0) is 40.3 Å². The van der Waals surface area contributed by atoms with E-state index in [-0.39, 0.29) is 18.0 Å². The summed E-state index contributed by atoms with van der Waals surface area (Å²) in [4.78, 5) is 22.1. The maximum atomic E-state index is 11.7. The molecule has 0 aliphatic rings. The molecule has 0 atom stereocenters. The number of ether oxygens (including phenoxy) is 1. The Bertz CT molecular complexity index is 661. The third kappa shape index (κ3) is 4.42. The second-order valence-corrected chi connectivity index (χ2v) is 5.35. The first-order valence-corrected chi connectivity index (χ1v) is 7.06. The standard InChI is InChI=1S/C14H11IN2O4/c15-11-6-7-12(13(8-11)17(19)20)16-14(18)21-9-10-4-2-1-3-5-10/h1-8H,9H2,(H,16,18). The summed E-state index contributed by atoms with van der Waals surface area (Å²) in [6.07, 6.45) is -0.733. The van der Waals surface area contributed by atoms with Gasteiger partial charge >= 0.3 is 6.09 Å². The van der Waals surface area contributed by atoms with Crippen LogP contribution in [0.4, 0.5) is 16.2 Å². The van der Waals surface area contributed by atoms with Crippen LogP contribution in [0.5, 0.6) is 0 Å². The summed E-state index contributed by atoms with van der Waals surface area (Å²) >= 11 is 1.97. The first-order valence-electron chi connectivity index (χ1n) is 5.98. The lowest BCUT2D eigenvalue weighted by Crippen LogP contribution is -2.14. The SMILES string of the molecule is O=C(Nc1ccc(I)cc1[N+](=O)[O-])OCc1ccccc1. The number of nitro groups is 1. The molecule has 0 radical (unpaired) electrons. The molecule has 0 saturated carbocycles. The zero-order chi connectivity index (χ0) is 15.2. The monoisotopic (exact) mass is 398 g/mol.